The van der Waals surface area contributed by atoms with Crippen LogP contribution in [0.3, 0.4) is 0 Å². The summed E-state index contributed by atoms with van der Waals surface area (Å²) in [5.41, 5.74) is 2.55. The van der Waals surface area contributed by atoms with Crippen molar-refractivity contribution in [2.24, 2.45) is 0 Å². The number of hydrogen-bond acceptors (Lipinski definition) is 7. The summed E-state index contributed by atoms with van der Waals surface area (Å²) in [6.07, 6.45) is 9.86. The van der Waals surface area contributed by atoms with Crippen molar-refractivity contribution in [3.63, 3.8) is 0 Å². The first-order chi connectivity index (χ1) is 20.3. The van der Waals surface area contributed by atoms with Gasteiger partial charge >= 0.3 is 6.01 Å². The average molecular weight is 569 g/mol. The van der Waals surface area contributed by atoms with Crippen LogP contribution in [-0.4, -0.2) is 83.2 Å². The summed E-state index contributed by atoms with van der Waals surface area (Å²) in [5, 5.41) is 2.68. The fourth-order valence-corrected chi connectivity index (χ4v) is 7.80. The van der Waals surface area contributed by atoms with Crippen molar-refractivity contribution in [2.45, 2.75) is 62.9 Å². The second kappa shape index (κ2) is 10.4. The largest absolute Gasteiger partial charge is 0.461 e. The van der Waals surface area contributed by atoms with E-state index >= 15 is 4.39 Å². The van der Waals surface area contributed by atoms with E-state index < -0.39 is 5.82 Å². The number of aromatic nitrogens is 3. The minimum atomic E-state index is -0.433. The zero-order valence-corrected chi connectivity index (χ0v) is 25.3. The van der Waals surface area contributed by atoms with E-state index in [-0.39, 0.29) is 22.6 Å². The highest BCUT2D eigenvalue weighted by atomic mass is 19.1. The van der Waals surface area contributed by atoms with Crippen LogP contribution >= 0.6 is 0 Å². The van der Waals surface area contributed by atoms with Gasteiger partial charge in [0.15, 0.2) is 5.82 Å². The Kier molecular flexibility index (Phi) is 6.82. The molecule has 0 atom stereocenters. The van der Waals surface area contributed by atoms with Crippen LogP contribution in [0.1, 0.15) is 50.5 Å². The highest BCUT2D eigenvalue weighted by Gasteiger charge is 2.45. The number of fused-ring (bicyclic) bond motifs is 3. The lowest BCUT2D eigenvalue weighted by Crippen LogP contribution is -2.56. The second-order valence-corrected chi connectivity index (χ2v) is 13.0. The molecule has 1 saturated carbocycles. The predicted octanol–water partition coefficient (Wildman–Crippen LogP) is 6.22. The SMILES string of the molecule is Cc1cccc2cccc(-c3ncc4c(N(C)CC5(N(C)C)CCC5)nc(OCC56CCCN5CCC6)nc4c3F)c12. The quantitative estimate of drug-likeness (QED) is 0.250. The van der Waals surface area contributed by atoms with Gasteiger partial charge in [0.05, 0.1) is 10.9 Å². The van der Waals surface area contributed by atoms with Crippen molar-refractivity contribution in [3.8, 4) is 17.3 Å². The molecule has 0 amide bonds. The third kappa shape index (κ3) is 4.42. The van der Waals surface area contributed by atoms with Crippen molar-refractivity contribution >= 4 is 27.5 Å². The molecular weight excluding hydrogens is 527 g/mol. The number of halogens is 1. The molecule has 2 aromatic heterocycles. The highest BCUT2D eigenvalue weighted by Crippen LogP contribution is 2.41. The van der Waals surface area contributed by atoms with Gasteiger partial charge in [-0.25, -0.2) is 4.39 Å². The smallest absolute Gasteiger partial charge is 0.319 e. The molecule has 4 heterocycles. The Hall–Kier alpha value is -3.36. The van der Waals surface area contributed by atoms with Crippen molar-refractivity contribution < 1.29 is 9.13 Å². The zero-order valence-electron chi connectivity index (χ0n) is 25.3. The molecule has 0 unspecified atom stereocenters. The van der Waals surface area contributed by atoms with Gasteiger partial charge in [-0.05, 0) is 95.4 Å². The fourth-order valence-electron chi connectivity index (χ4n) is 7.80. The molecular formula is C34H41FN6O. The number of aryl methyl sites for hydroxylation is 1. The van der Waals surface area contributed by atoms with Gasteiger partial charge < -0.3 is 14.5 Å². The van der Waals surface area contributed by atoms with Gasteiger partial charge in [0.1, 0.15) is 23.6 Å². The second-order valence-electron chi connectivity index (χ2n) is 13.0. The van der Waals surface area contributed by atoms with E-state index in [1.807, 2.05) is 25.2 Å². The topological polar surface area (TPSA) is 57.6 Å². The molecule has 4 aromatic rings. The van der Waals surface area contributed by atoms with E-state index in [0.29, 0.717) is 23.5 Å². The molecule has 3 fully saturated rings. The highest BCUT2D eigenvalue weighted by molar-refractivity contribution is 6.00. The average Bonchev–Trinajstić information content (AvgIpc) is 3.54. The molecule has 7 nitrogen and oxygen atoms in total. The number of nitrogens with zero attached hydrogens (tertiary/aromatic N) is 6. The Labute approximate surface area is 247 Å². The molecule has 3 aliphatic rings. The lowest BCUT2D eigenvalue weighted by molar-refractivity contribution is 0.0681. The Morgan fingerprint density at radius 2 is 1.69 bits per heavy atom. The Morgan fingerprint density at radius 3 is 2.38 bits per heavy atom. The zero-order chi connectivity index (χ0) is 29.1. The first-order valence-electron chi connectivity index (χ1n) is 15.4. The molecule has 8 heteroatoms. The molecule has 1 aliphatic carbocycles. The Bertz CT molecular complexity index is 1640. The number of pyridine rings is 1. The fraction of sp³-hybridized carbons (Fsp3) is 0.500. The van der Waals surface area contributed by atoms with Crippen molar-refractivity contribution in [1.29, 1.82) is 0 Å². The van der Waals surface area contributed by atoms with Gasteiger partial charge in [0, 0.05) is 30.9 Å². The van der Waals surface area contributed by atoms with Gasteiger partial charge in [0.2, 0.25) is 0 Å². The van der Waals surface area contributed by atoms with E-state index in [2.05, 4.69) is 53.9 Å². The van der Waals surface area contributed by atoms with E-state index in [1.165, 1.54) is 19.3 Å². The van der Waals surface area contributed by atoms with E-state index in [0.717, 1.165) is 67.2 Å². The van der Waals surface area contributed by atoms with E-state index in [4.69, 9.17) is 19.7 Å². The van der Waals surface area contributed by atoms with Gasteiger partial charge in [-0.1, -0.05) is 36.4 Å². The van der Waals surface area contributed by atoms with Crippen molar-refractivity contribution in [1.82, 2.24) is 24.8 Å². The number of likely N-dealkylation sites (N-methyl/N-ethyl adjacent to an activating group) is 2. The minimum Gasteiger partial charge on any atom is -0.461 e. The minimum absolute atomic E-state index is 0.0493. The maximum atomic E-state index is 16.7. The number of benzene rings is 2. The normalized spacial score (nSPS) is 19.4. The third-order valence-corrected chi connectivity index (χ3v) is 10.4. The van der Waals surface area contributed by atoms with Gasteiger partial charge in [-0.3, -0.25) is 9.88 Å². The summed E-state index contributed by atoms with van der Waals surface area (Å²) in [7, 11) is 6.34. The Balaban J connectivity index is 1.34. The Morgan fingerprint density at radius 1 is 0.952 bits per heavy atom. The van der Waals surface area contributed by atoms with Crippen LogP contribution < -0.4 is 9.64 Å². The summed E-state index contributed by atoms with van der Waals surface area (Å²) in [5.74, 6) is 0.236. The molecule has 2 aromatic carbocycles. The molecule has 0 spiro atoms. The number of anilines is 1. The summed E-state index contributed by atoms with van der Waals surface area (Å²) in [4.78, 5) is 21.4. The molecule has 0 N–H and O–H groups in total. The van der Waals surface area contributed by atoms with Crippen LogP contribution in [0, 0.1) is 12.7 Å². The van der Waals surface area contributed by atoms with Crippen LogP contribution in [0.15, 0.2) is 42.6 Å². The first-order valence-corrected chi connectivity index (χ1v) is 15.4. The summed E-state index contributed by atoms with van der Waals surface area (Å²) in [6.45, 7) is 5.62. The van der Waals surface area contributed by atoms with Gasteiger partial charge in [-0.15, -0.1) is 0 Å². The number of hydrogen-bond donors (Lipinski definition) is 0. The molecule has 2 aliphatic heterocycles. The van der Waals surface area contributed by atoms with Crippen molar-refractivity contribution in [2.75, 3.05) is 52.3 Å². The van der Waals surface area contributed by atoms with Gasteiger partial charge in [-0.2, -0.15) is 9.97 Å². The summed E-state index contributed by atoms with van der Waals surface area (Å²) in [6, 6.07) is 12.4. The van der Waals surface area contributed by atoms with Crippen LogP contribution in [0.5, 0.6) is 6.01 Å². The van der Waals surface area contributed by atoms with E-state index in [9.17, 15) is 0 Å². The van der Waals surface area contributed by atoms with E-state index in [1.54, 1.807) is 6.20 Å². The maximum absolute atomic E-state index is 16.7. The summed E-state index contributed by atoms with van der Waals surface area (Å²) >= 11 is 0. The monoisotopic (exact) mass is 568 g/mol. The lowest BCUT2D eigenvalue weighted by atomic mass is 9.75. The first kappa shape index (κ1) is 27.5. The van der Waals surface area contributed by atoms with Crippen LogP contribution in [0.25, 0.3) is 32.9 Å². The van der Waals surface area contributed by atoms with Crippen LogP contribution in [0.4, 0.5) is 10.2 Å². The standard InChI is InChI=1S/C34H41FN6O/c1-23-10-5-11-24-12-6-13-25(27(23)24)29-28(35)30-26(20-36-29)31(40(4)21-33(39(2)3)14-7-15-33)38-32(37-30)42-22-34-16-8-18-41(34)19-9-17-34/h5-6,10-13,20H,7-9,14-19,21-22H2,1-4H3. The molecule has 7 rings (SSSR count). The molecule has 42 heavy (non-hydrogen) atoms. The predicted molar refractivity (Wildman–Crippen MR) is 167 cm³/mol. The summed E-state index contributed by atoms with van der Waals surface area (Å²) < 4.78 is 23.1. The van der Waals surface area contributed by atoms with Crippen LogP contribution in [0.2, 0.25) is 0 Å². The molecule has 220 valence electrons. The molecule has 0 radical (unpaired) electrons. The van der Waals surface area contributed by atoms with Gasteiger partial charge in [0.25, 0.3) is 0 Å². The lowest BCUT2D eigenvalue weighted by Gasteiger charge is -2.49. The third-order valence-electron chi connectivity index (χ3n) is 10.4. The van der Waals surface area contributed by atoms with Crippen LogP contribution in [-0.2, 0) is 0 Å². The maximum Gasteiger partial charge on any atom is 0.319 e. The number of ether oxygens (including phenoxy) is 1. The molecule has 0 bridgehead atoms. The van der Waals surface area contributed by atoms with Crippen molar-refractivity contribution in [3.05, 3.63) is 54.0 Å². The molecule has 2 saturated heterocycles. The number of rotatable bonds is 8.